The van der Waals surface area contributed by atoms with Crippen molar-refractivity contribution in [3.8, 4) is 0 Å². The van der Waals surface area contributed by atoms with Crippen molar-refractivity contribution in [2.75, 3.05) is 39.6 Å². The van der Waals surface area contributed by atoms with Crippen LogP contribution in [0.5, 0.6) is 0 Å². The molecule has 0 heterocycles. The second kappa shape index (κ2) is 70.6. The van der Waals surface area contributed by atoms with Crippen molar-refractivity contribution in [3.63, 3.8) is 0 Å². The molecule has 19 heteroatoms. The quantitative estimate of drug-likeness (QED) is 0.0169. The van der Waals surface area contributed by atoms with Gasteiger partial charge in [-0.1, -0.05) is 335 Å². The first-order chi connectivity index (χ1) is 47.0. The zero-order valence-corrected chi connectivity index (χ0v) is 64.5. The lowest BCUT2D eigenvalue weighted by atomic mass is 10.0. The molecule has 0 saturated heterocycles. The summed E-state index contributed by atoms with van der Waals surface area (Å²) in [7, 11) is -9.92. The SMILES string of the molecule is CCCCCC/C=C\C=C/CCCCCCCC(=O)OC[C@H](COP(=O)(O)OC[C@@H](O)COP(=O)(O)OC[C@@H](COC(=O)CCCCCCCCCCCC)OC(=O)CCCCCCCCCCCC(C)C)OC(=O)CCCCCCCCCCCCCCCCCCCCCC. The number of ether oxygens (including phenoxy) is 4. The number of allylic oxidation sites excluding steroid dienone is 4. The molecule has 0 bridgehead atoms. The summed E-state index contributed by atoms with van der Waals surface area (Å²) in [4.78, 5) is 72.8. The predicted octanol–water partition coefficient (Wildman–Crippen LogP) is 22.8. The molecule has 0 saturated carbocycles. The van der Waals surface area contributed by atoms with Crippen molar-refractivity contribution in [1.29, 1.82) is 0 Å². The topological polar surface area (TPSA) is 237 Å². The van der Waals surface area contributed by atoms with Gasteiger partial charge in [-0.3, -0.25) is 37.3 Å². The lowest BCUT2D eigenvalue weighted by Gasteiger charge is -2.21. The molecule has 3 N–H and O–H groups in total. The molecule has 572 valence electrons. The van der Waals surface area contributed by atoms with Gasteiger partial charge in [0.25, 0.3) is 0 Å². The third kappa shape index (κ3) is 71.7. The summed E-state index contributed by atoms with van der Waals surface area (Å²) in [5.74, 6) is -1.41. The maximum Gasteiger partial charge on any atom is 0.472 e. The number of phosphoric acid groups is 2. The Kier molecular flexibility index (Phi) is 68.8. The molecule has 0 aromatic carbocycles. The van der Waals surface area contributed by atoms with Crippen LogP contribution >= 0.6 is 15.6 Å². The van der Waals surface area contributed by atoms with Gasteiger partial charge in [-0.15, -0.1) is 0 Å². The average molecular weight is 1420 g/mol. The fourth-order valence-corrected chi connectivity index (χ4v) is 13.1. The highest BCUT2D eigenvalue weighted by Gasteiger charge is 2.30. The van der Waals surface area contributed by atoms with Gasteiger partial charge < -0.3 is 33.8 Å². The molecule has 5 atom stereocenters. The molecule has 0 fully saturated rings. The highest BCUT2D eigenvalue weighted by Crippen LogP contribution is 2.45. The van der Waals surface area contributed by atoms with Crippen molar-refractivity contribution in [3.05, 3.63) is 24.3 Å². The van der Waals surface area contributed by atoms with Gasteiger partial charge in [-0.25, -0.2) is 9.13 Å². The molecule has 0 aliphatic carbocycles. The number of carbonyl (C=O) groups is 4. The van der Waals surface area contributed by atoms with Crippen LogP contribution in [-0.4, -0.2) is 96.7 Å². The van der Waals surface area contributed by atoms with E-state index in [1.165, 1.54) is 193 Å². The lowest BCUT2D eigenvalue weighted by Crippen LogP contribution is -2.30. The van der Waals surface area contributed by atoms with Crippen LogP contribution in [0.3, 0.4) is 0 Å². The molecule has 0 aromatic heterocycles. The Bertz CT molecular complexity index is 1950. The van der Waals surface area contributed by atoms with Crippen LogP contribution < -0.4 is 0 Å². The van der Waals surface area contributed by atoms with Gasteiger partial charge in [-0.05, 0) is 57.3 Å². The number of esters is 4. The molecule has 17 nitrogen and oxygen atoms in total. The number of hydrogen-bond donors (Lipinski definition) is 3. The Hall–Kier alpha value is -2.46. The Morgan fingerprint density at radius 3 is 0.845 bits per heavy atom. The summed E-state index contributed by atoms with van der Waals surface area (Å²) in [6.07, 6.45) is 63.3. The van der Waals surface area contributed by atoms with E-state index in [-0.39, 0.29) is 25.7 Å². The van der Waals surface area contributed by atoms with E-state index < -0.39 is 97.5 Å². The van der Waals surface area contributed by atoms with Gasteiger partial charge in [0.1, 0.15) is 19.3 Å². The van der Waals surface area contributed by atoms with Crippen molar-refractivity contribution in [2.24, 2.45) is 5.92 Å². The summed E-state index contributed by atoms with van der Waals surface area (Å²) in [5, 5.41) is 10.6. The van der Waals surface area contributed by atoms with Crippen LogP contribution in [0.1, 0.15) is 388 Å². The average Bonchev–Trinajstić information content (AvgIpc) is 3.10. The second-order valence-corrected chi connectivity index (χ2v) is 30.8. The van der Waals surface area contributed by atoms with Gasteiger partial charge in [0.15, 0.2) is 12.2 Å². The van der Waals surface area contributed by atoms with Gasteiger partial charge in [-0.2, -0.15) is 0 Å². The van der Waals surface area contributed by atoms with E-state index in [0.717, 1.165) is 115 Å². The van der Waals surface area contributed by atoms with Gasteiger partial charge in [0, 0.05) is 25.7 Å². The van der Waals surface area contributed by atoms with Crippen LogP contribution in [0.15, 0.2) is 24.3 Å². The van der Waals surface area contributed by atoms with Crippen LogP contribution in [0, 0.1) is 5.92 Å². The number of carbonyl (C=O) groups excluding carboxylic acids is 4. The van der Waals surface area contributed by atoms with E-state index in [9.17, 15) is 43.2 Å². The van der Waals surface area contributed by atoms with E-state index in [0.29, 0.717) is 25.7 Å². The maximum absolute atomic E-state index is 13.1. The first kappa shape index (κ1) is 94.5. The van der Waals surface area contributed by atoms with E-state index in [4.69, 9.17) is 37.0 Å². The fourth-order valence-electron chi connectivity index (χ4n) is 11.5. The van der Waals surface area contributed by atoms with Crippen LogP contribution in [0.25, 0.3) is 0 Å². The summed E-state index contributed by atoms with van der Waals surface area (Å²) in [5.41, 5.74) is 0. The maximum atomic E-state index is 13.1. The number of aliphatic hydroxyl groups excluding tert-OH is 1. The summed E-state index contributed by atoms with van der Waals surface area (Å²) in [6, 6.07) is 0. The zero-order valence-electron chi connectivity index (χ0n) is 62.7. The first-order valence-corrected chi connectivity index (χ1v) is 42.9. The molecule has 0 amide bonds. The van der Waals surface area contributed by atoms with E-state index in [1.54, 1.807) is 0 Å². The number of hydrogen-bond acceptors (Lipinski definition) is 15. The van der Waals surface area contributed by atoms with Crippen LogP contribution in [-0.2, 0) is 65.4 Å². The van der Waals surface area contributed by atoms with Crippen molar-refractivity contribution in [2.45, 2.75) is 406 Å². The third-order valence-corrected chi connectivity index (χ3v) is 19.6. The Labute approximate surface area is 592 Å². The molecule has 2 unspecified atom stereocenters. The zero-order chi connectivity index (χ0) is 71.2. The molecular weight excluding hydrogens is 1270 g/mol. The molecular formula is C78H148O17P2. The van der Waals surface area contributed by atoms with Crippen molar-refractivity contribution >= 4 is 39.5 Å². The summed E-state index contributed by atoms with van der Waals surface area (Å²) >= 11 is 0. The number of rotatable bonds is 76. The van der Waals surface area contributed by atoms with Gasteiger partial charge in [0.2, 0.25) is 0 Å². The molecule has 97 heavy (non-hydrogen) atoms. The van der Waals surface area contributed by atoms with Gasteiger partial charge >= 0.3 is 39.5 Å². The normalized spacial score (nSPS) is 14.1. The first-order valence-electron chi connectivity index (χ1n) is 40.0. The van der Waals surface area contributed by atoms with E-state index in [1.807, 2.05) is 0 Å². The summed E-state index contributed by atoms with van der Waals surface area (Å²) in [6.45, 7) is 7.20. The van der Waals surface area contributed by atoms with E-state index >= 15 is 0 Å². The van der Waals surface area contributed by atoms with Crippen molar-refractivity contribution < 1.29 is 80.2 Å². The van der Waals surface area contributed by atoms with Crippen LogP contribution in [0.2, 0.25) is 0 Å². The fraction of sp³-hybridized carbons (Fsp3) is 0.897. The van der Waals surface area contributed by atoms with E-state index in [2.05, 4.69) is 58.9 Å². The number of aliphatic hydroxyl groups is 1. The third-order valence-electron chi connectivity index (χ3n) is 17.7. The monoisotopic (exact) mass is 1420 g/mol. The highest BCUT2D eigenvalue weighted by molar-refractivity contribution is 7.47. The Morgan fingerprint density at radius 1 is 0.320 bits per heavy atom. The molecule has 0 rings (SSSR count). The molecule has 0 aliphatic rings. The molecule has 0 aromatic rings. The second-order valence-electron chi connectivity index (χ2n) is 27.9. The molecule has 0 spiro atoms. The van der Waals surface area contributed by atoms with Crippen molar-refractivity contribution in [1.82, 2.24) is 0 Å². The summed E-state index contributed by atoms with van der Waals surface area (Å²) < 4.78 is 68.5. The standard InChI is InChI=1S/C78H148O17P2/c1-6-9-12-15-18-21-24-26-28-29-30-31-32-34-36-38-43-48-53-58-63-77(82)94-73(68-89-76(81)62-57-52-47-42-37-35-33-27-25-22-19-16-13-10-7-2)69-92-96(84,85)90-65-72(79)66-91-97(86,87)93-70-74(67-88-75(80)61-56-51-46-41-23-20-17-14-11-8-3)95-78(83)64-59-54-49-44-39-40-45-50-55-60-71(4)5/h22,25,27,33,71-74,79H,6-21,23-24,26,28-32,34-70H2,1-5H3,(H,84,85)(H,86,87)/b25-22-,33-27-/t72-,73-,74-/m1/s1. The minimum atomic E-state index is -4.97. The minimum absolute atomic E-state index is 0.102. The minimum Gasteiger partial charge on any atom is -0.462 e. The predicted molar refractivity (Wildman–Crippen MR) is 395 cm³/mol. The van der Waals surface area contributed by atoms with Gasteiger partial charge in [0.05, 0.1) is 26.4 Å². The molecule has 0 radical (unpaired) electrons. The highest BCUT2D eigenvalue weighted by atomic mass is 31.2. The largest absolute Gasteiger partial charge is 0.472 e. The number of unbranched alkanes of at least 4 members (excludes halogenated alkanes) is 45. The lowest BCUT2D eigenvalue weighted by molar-refractivity contribution is -0.161. The number of phosphoric ester groups is 2. The van der Waals surface area contributed by atoms with Crippen LogP contribution in [0.4, 0.5) is 0 Å². The smallest absolute Gasteiger partial charge is 0.462 e. The Morgan fingerprint density at radius 2 is 0.557 bits per heavy atom. The molecule has 0 aliphatic heterocycles. The Balaban J connectivity index is 5.25.